The van der Waals surface area contributed by atoms with Gasteiger partial charge in [-0.15, -0.1) is 0 Å². The molecule has 0 unspecified atom stereocenters. The van der Waals surface area contributed by atoms with Crippen LogP contribution in [-0.2, 0) is 16.6 Å². The number of carbonyl (C=O) groups is 1. The van der Waals surface area contributed by atoms with Gasteiger partial charge in [-0.3, -0.25) is 9.52 Å². The van der Waals surface area contributed by atoms with E-state index in [0.29, 0.717) is 12.1 Å². The van der Waals surface area contributed by atoms with E-state index < -0.39 is 15.8 Å². The topological polar surface area (TPSA) is 75.3 Å². The largest absolute Gasteiger partial charge is 0.348 e. The summed E-state index contributed by atoms with van der Waals surface area (Å²) in [5, 5.41) is 2.77. The van der Waals surface area contributed by atoms with Crippen molar-refractivity contribution in [1.29, 1.82) is 0 Å². The third kappa shape index (κ3) is 4.71. The monoisotopic (exact) mass is 384 g/mol. The summed E-state index contributed by atoms with van der Waals surface area (Å²) in [7, 11) is -3.96. The van der Waals surface area contributed by atoms with Gasteiger partial charge in [0.2, 0.25) is 0 Å². The molecule has 27 heavy (non-hydrogen) atoms. The number of rotatable bonds is 6. The molecule has 2 N–H and O–H groups in total. The molecule has 0 saturated carbocycles. The van der Waals surface area contributed by atoms with Crippen LogP contribution in [0.15, 0.2) is 83.8 Å². The highest BCUT2D eigenvalue weighted by atomic mass is 32.2. The first-order valence-corrected chi connectivity index (χ1v) is 9.63. The molecule has 5 nitrogen and oxygen atoms in total. The van der Waals surface area contributed by atoms with E-state index in [9.17, 15) is 17.6 Å². The highest BCUT2D eigenvalue weighted by molar-refractivity contribution is 7.92. The van der Waals surface area contributed by atoms with Gasteiger partial charge in [0.15, 0.2) is 0 Å². The van der Waals surface area contributed by atoms with Crippen LogP contribution in [-0.4, -0.2) is 14.3 Å². The first-order valence-electron chi connectivity index (χ1n) is 8.15. The summed E-state index contributed by atoms with van der Waals surface area (Å²) in [4.78, 5) is 12.1. The maximum atomic E-state index is 13.7. The molecule has 0 radical (unpaired) electrons. The number of halogens is 1. The molecule has 0 aliphatic rings. The predicted molar refractivity (Wildman–Crippen MR) is 101 cm³/mol. The number of sulfonamides is 1. The second-order valence-corrected chi connectivity index (χ2v) is 7.46. The van der Waals surface area contributed by atoms with Crippen molar-refractivity contribution >= 4 is 21.6 Å². The van der Waals surface area contributed by atoms with Gasteiger partial charge in [0.05, 0.1) is 10.6 Å². The Labute approximate surface area is 156 Å². The van der Waals surface area contributed by atoms with Crippen molar-refractivity contribution in [3.8, 4) is 0 Å². The van der Waals surface area contributed by atoms with Crippen LogP contribution in [0.4, 0.5) is 10.1 Å². The van der Waals surface area contributed by atoms with Crippen molar-refractivity contribution in [3.05, 3.63) is 95.8 Å². The zero-order chi connectivity index (χ0) is 19.3. The fourth-order valence-electron chi connectivity index (χ4n) is 2.41. The van der Waals surface area contributed by atoms with Crippen LogP contribution in [0.2, 0.25) is 0 Å². The molecule has 138 valence electrons. The average molecular weight is 384 g/mol. The van der Waals surface area contributed by atoms with Gasteiger partial charge in [0.25, 0.3) is 15.9 Å². The van der Waals surface area contributed by atoms with Crippen LogP contribution >= 0.6 is 0 Å². The number of hydrogen-bond donors (Lipinski definition) is 2. The molecule has 3 aromatic carbocycles. The van der Waals surface area contributed by atoms with Crippen LogP contribution in [0, 0.1) is 5.82 Å². The normalized spacial score (nSPS) is 11.0. The number of anilines is 1. The van der Waals surface area contributed by atoms with Crippen molar-refractivity contribution in [2.75, 3.05) is 4.72 Å². The van der Waals surface area contributed by atoms with Gasteiger partial charge in [0, 0.05) is 12.1 Å². The van der Waals surface area contributed by atoms with E-state index in [1.54, 1.807) is 0 Å². The lowest BCUT2D eigenvalue weighted by Crippen LogP contribution is -2.23. The maximum absolute atomic E-state index is 13.7. The van der Waals surface area contributed by atoms with Gasteiger partial charge in [-0.05, 0) is 42.0 Å². The van der Waals surface area contributed by atoms with Crippen LogP contribution in [0.1, 0.15) is 15.9 Å². The van der Waals surface area contributed by atoms with Crippen molar-refractivity contribution < 1.29 is 17.6 Å². The van der Waals surface area contributed by atoms with Gasteiger partial charge in [-0.2, -0.15) is 0 Å². The predicted octanol–water partition coefficient (Wildman–Crippen LogP) is 3.56. The van der Waals surface area contributed by atoms with E-state index in [0.717, 1.165) is 11.6 Å². The second kappa shape index (κ2) is 8.01. The van der Waals surface area contributed by atoms with Crippen LogP contribution in [0.3, 0.4) is 0 Å². The number of carbonyl (C=O) groups excluding carboxylic acids is 1. The highest BCUT2D eigenvalue weighted by Crippen LogP contribution is 2.19. The molecule has 0 saturated heterocycles. The van der Waals surface area contributed by atoms with Gasteiger partial charge in [0.1, 0.15) is 5.82 Å². The number of para-hydroxylation sites is 1. The van der Waals surface area contributed by atoms with E-state index in [-0.39, 0.29) is 16.5 Å². The average Bonchev–Trinajstić information content (AvgIpc) is 2.69. The molecule has 0 fully saturated rings. The van der Waals surface area contributed by atoms with Crippen molar-refractivity contribution in [1.82, 2.24) is 5.32 Å². The van der Waals surface area contributed by atoms with Crippen molar-refractivity contribution in [2.24, 2.45) is 0 Å². The van der Waals surface area contributed by atoms with E-state index in [2.05, 4.69) is 10.0 Å². The molecule has 1 amide bonds. The Kier molecular flexibility index (Phi) is 5.52. The minimum Gasteiger partial charge on any atom is -0.348 e. The minimum absolute atomic E-state index is 0.0645. The Morgan fingerprint density at radius 3 is 2.15 bits per heavy atom. The van der Waals surface area contributed by atoms with Gasteiger partial charge in [-0.25, -0.2) is 12.8 Å². The summed E-state index contributed by atoms with van der Waals surface area (Å²) in [6, 6.07) is 20.4. The molecule has 3 rings (SSSR count). The van der Waals surface area contributed by atoms with Crippen LogP contribution in [0.25, 0.3) is 0 Å². The number of benzene rings is 3. The summed E-state index contributed by atoms with van der Waals surface area (Å²) in [5.74, 6) is -0.983. The molecule has 0 heterocycles. The highest BCUT2D eigenvalue weighted by Gasteiger charge is 2.16. The molecule has 0 bridgehead atoms. The molecule has 7 heteroatoms. The number of nitrogens with one attached hydrogen (secondary N) is 2. The van der Waals surface area contributed by atoms with E-state index >= 15 is 0 Å². The Hall–Kier alpha value is -3.19. The van der Waals surface area contributed by atoms with Gasteiger partial charge in [-0.1, -0.05) is 42.5 Å². The smallest absolute Gasteiger partial charge is 0.261 e. The van der Waals surface area contributed by atoms with Gasteiger partial charge < -0.3 is 5.32 Å². The Morgan fingerprint density at radius 2 is 1.48 bits per heavy atom. The first-order chi connectivity index (χ1) is 13.0. The Balaban J connectivity index is 1.69. The van der Waals surface area contributed by atoms with Crippen molar-refractivity contribution in [3.63, 3.8) is 0 Å². The summed E-state index contributed by atoms with van der Waals surface area (Å²) in [6.07, 6.45) is 0. The van der Waals surface area contributed by atoms with E-state index in [4.69, 9.17) is 0 Å². The maximum Gasteiger partial charge on any atom is 0.261 e. The molecular formula is C20H17FN2O3S. The Morgan fingerprint density at radius 1 is 0.852 bits per heavy atom. The van der Waals surface area contributed by atoms with E-state index in [1.165, 1.54) is 42.5 Å². The molecule has 0 aliphatic carbocycles. The van der Waals surface area contributed by atoms with Crippen LogP contribution in [0.5, 0.6) is 0 Å². The second-order valence-electron chi connectivity index (χ2n) is 5.78. The first kappa shape index (κ1) is 18.6. The summed E-state index contributed by atoms with van der Waals surface area (Å²) < 4.78 is 40.6. The molecule has 0 aromatic heterocycles. The van der Waals surface area contributed by atoms with Crippen LogP contribution < -0.4 is 10.0 Å². The molecular weight excluding hydrogens is 367 g/mol. The fraction of sp³-hybridized carbons (Fsp3) is 0.0500. The SMILES string of the molecule is O=C(NCc1ccccc1)c1ccc(S(=O)(=O)Nc2ccccc2F)cc1. The minimum atomic E-state index is -3.96. The third-order valence-corrected chi connectivity index (χ3v) is 5.22. The fourth-order valence-corrected chi connectivity index (χ4v) is 3.48. The lowest BCUT2D eigenvalue weighted by atomic mass is 10.2. The molecule has 3 aromatic rings. The zero-order valence-electron chi connectivity index (χ0n) is 14.2. The van der Waals surface area contributed by atoms with Crippen molar-refractivity contribution in [2.45, 2.75) is 11.4 Å². The molecule has 0 atom stereocenters. The molecule has 0 spiro atoms. The van der Waals surface area contributed by atoms with Gasteiger partial charge >= 0.3 is 0 Å². The third-order valence-electron chi connectivity index (χ3n) is 3.84. The zero-order valence-corrected chi connectivity index (χ0v) is 15.0. The number of amides is 1. The summed E-state index contributed by atoms with van der Waals surface area (Å²) in [5.41, 5.74) is 1.15. The van der Waals surface area contributed by atoms with E-state index in [1.807, 2.05) is 30.3 Å². The number of hydrogen-bond acceptors (Lipinski definition) is 3. The summed E-state index contributed by atoms with van der Waals surface area (Å²) in [6.45, 7) is 0.370. The molecule has 0 aliphatic heterocycles. The lowest BCUT2D eigenvalue weighted by Gasteiger charge is -2.10. The summed E-state index contributed by atoms with van der Waals surface area (Å²) >= 11 is 0. The standard InChI is InChI=1S/C20H17FN2O3S/c21-18-8-4-5-9-19(18)23-27(25,26)17-12-10-16(11-13-17)20(24)22-14-15-6-2-1-3-7-15/h1-13,23H,14H2,(H,22,24). The lowest BCUT2D eigenvalue weighted by molar-refractivity contribution is 0.0951. The quantitative estimate of drug-likeness (QED) is 0.682. The Bertz CT molecular complexity index is 1040.